The number of ether oxygens (including phenoxy) is 1. The number of aryl methyl sites for hydroxylation is 1. The Morgan fingerprint density at radius 3 is 2.54 bits per heavy atom. The molecule has 28 heavy (non-hydrogen) atoms. The average molecular weight is 372 g/mol. The minimum atomic E-state index is -0.120. The van der Waals surface area contributed by atoms with E-state index in [1.54, 1.807) is 6.20 Å². The second kappa shape index (κ2) is 7.92. The molecule has 0 aliphatic heterocycles. The molecule has 0 radical (unpaired) electrons. The van der Waals surface area contributed by atoms with E-state index in [0.717, 1.165) is 28.2 Å². The maximum Gasteiger partial charge on any atom is 0.227 e. The third-order valence-electron chi connectivity index (χ3n) is 4.33. The normalized spacial score (nSPS) is 10.8. The number of anilines is 1. The Morgan fingerprint density at radius 1 is 1.07 bits per heavy atom. The third kappa shape index (κ3) is 3.86. The molecule has 0 spiro atoms. The van der Waals surface area contributed by atoms with Gasteiger partial charge in [0.05, 0.1) is 36.3 Å². The summed E-state index contributed by atoms with van der Waals surface area (Å²) in [6.45, 7) is 2.25. The van der Waals surface area contributed by atoms with Gasteiger partial charge in [-0.1, -0.05) is 36.4 Å². The van der Waals surface area contributed by atoms with Crippen molar-refractivity contribution >= 4 is 22.6 Å². The van der Waals surface area contributed by atoms with E-state index in [0.29, 0.717) is 12.3 Å². The van der Waals surface area contributed by atoms with Crippen LogP contribution in [0.2, 0.25) is 0 Å². The van der Waals surface area contributed by atoms with Gasteiger partial charge in [-0.25, -0.2) is 9.67 Å². The van der Waals surface area contributed by atoms with Gasteiger partial charge in [0, 0.05) is 5.39 Å². The van der Waals surface area contributed by atoms with Crippen LogP contribution in [0.5, 0.6) is 5.75 Å². The molecule has 0 unspecified atom stereocenters. The van der Waals surface area contributed by atoms with Crippen molar-refractivity contribution in [2.45, 2.75) is 13.3 Å². The quantitative estimate of drug-likeness (QED) is 0.552. The first-order valence-corrected chi connectivity index (χ1v) is 9.09. The lowest BCUT2D eigenvalue weighted by Gasteiger charge is -2.07. The van der Waals surface area contributed by atoms with Gasteiger partial charge in [-0.15, -0.1) is 0 Å². The number of pyridine rings is 1. The van der Waals surface area contributed by atoms with E-state index >= 15 is 0 Å². The van der Waals surface area contributed by atoms with E-state index in [1.807, 2.05) is 78.3 Å². The molecule has 6 heteroatoms. The number of hydrogen-bond acceptors (Lipinski definition) is 4. The van der Waals surface area contributed by atoms with Crippen LogP contribution < -0.4 is 10.1 Å². The van der Waals surface area contributed by atoms with Gasteiger partial charge in [0.2, 0.25) is 5.91 Å². The molecule has 2 aromatic carbocycles. The highest BCUT2D eigenvalue weighted by Gasteiger charge is 2.12. The molecule has 0 aliphatic carbocycles. The highest BCUT2D eigenvalue weighted by Crippen LogP contribution is 2.23. The summed E-state index contributed by atoms with van der Waals surface area (Å²) < 4.78 is 7.38. The number of amides is 1. The zero-order chi connectivity index (χ0) is 19.3. The van der Waals surface area contributed by atoms with Gasteiger partial charge >= 0.3 is 0 Å². The van der Waals surface area contributed by atoms with Crippen molar-refractivity contribution in [2.24, 2.45) is 0 Å². The molecule has 0 aliphatic rings. The zero-order valence-electron chi connectivity index (χ0n) is 15.5. The minimum Gasteiger partial charge on any atom is -0.493 e. The number of hydrogen-bond donors (Lipinski definition) is 1. The molecule has 4 rings (SSSR count). The summed E-state index contributed by atoms with van der Waals surface area (Å²) in [5, 5.41) is 8.37. The first-order valence-electron chi connectivity index (χ1n) is 9.09. The van der Waals surface area contributed by atoms with Crippen LogP contribution in [-0.4, -0.2) is 27.3 Å². The molecule has 0 fully saturated rings. The number of carbonyl (C=O) groups excluding carboxylic acids is 1. The number of fused-ring (bicyclic) bond motifs is 1. The van der Waals surface area contributed by atoms with Gasteiger partial charge < -0.3 is 10.1 Å². The molecule has 140 valence electrons. The smallest absolute Gasteiger partial charge is 0.227 e. The lowest BCUT2D eigenvalue weighted by molar-refractivity contribution is -0.116. The standard InChI is InChI=1S/C22H20N4O2/c1-16-20-14-17(24-21(27)12-13-28-19-10-6-3-7-11-19)15-23-22(20)26(25-16)18-8-4-2-5-9-18/h2-11,14-15H,12-13H2,1H3,(H,24,27). The SMILES string of the molecule is Cc1nn(-c2ccccc2)c2ncc(NC(=O)CCOc3ccccc3)cc12. The first-order chi connectivity index (χ1) is 13.7. The summed E-state index contributed by atoms with van der Waals surface area (Å²) in [7, 11) is 0. The maximum atomic E-state index is 12.2. The Labute approximate surface area is 162 Å². The summed E-state index contributed by atoms with van der Waals surface area (Å²) in [6.07, 6.45) is 1.91. The van der Waals surface area contributed by atoms with E-state index in [9.17, 15) is 4.79 Å². The van der Waals surface area contributed by atoms with E-state index < -0.39 is 0 Å². The second-order valence-corrected chi connectivity index (χ2v) is 6.39. The molecule has 1 N–H and O–H groups in total. The van der Waals surface area contributed by atoms with Crippen molar-refractivity contribution in [2.75, 3.05) is 11.9 Å². The lowest BCUT2D eigenvalue weighted by atomic mass is 10.2. The number of carbonyl (C=O) groups is 1. The van der Waals surface area contributed by atoms with Gasteiger partial charge in [-0.3, -0.25) is 4.79 Å². The van der Waals surface area contributed by atoms with E-state index in [1.165, 1.54) is 0 Å². The van der Waals surface area contributed by atoms with Crippen LogP contribution >= 0.6 is 0 Å². The molecule has 2 heterocycles. The fraction of sp³-hybridized carbons (Fsp3) is 0.136. The monoisotopic (exact) mass is 372 g/mol. The van der Waals surface area contributed by atoms with Crippen molar-refractivity contribution in [3.05, 3.63) is 78.6 Å². The number of aromatic nitrogens is 3. The third-order valence-corrected chi connectivity index (χ3v) is 4.33. The number of rotatable bonds is 6. The maximum absolute atomic E-state index is 12.2. The van der Waals surface area contributed by atoms with Crippen molar-refractivity contribution in [1.29, 1.82) is 0 Å². The molecule has 2 aromatic heterocycles. The van der Waals surface area contributed by atoms with Crippen LogP contribution in [0, 0.1) is 6.92 Å². The van der Waals surface area contributed by atoms with E-state index in [4.69, 9.17) is 4.74 Å². The molecule has 0 saturated heterocycles. The molecular formula is C22H20N4O2. The van der Waals surface area contributed by atoms with Crippen molar-refractivity contribution in [1.82, 2.24) is 14.8 Å². The van der Waals surface area contributed by atoms with Crippen LogP contribution in [0.15, 0.2) is 72.9 Å². The highest BCUT2D eigenvalue weighted by atomic mass is 16.5. The number of nitrogens with one attached hydrogen (secondary N) is 1. The van der Waals surface area contributed by atoms with Gasteiger partial charge in [0.15, 0.2) is 5.65 Å². The number of benzene rings is 2. The molecule has 4 aromatic rings. The van der Waals surface area contributed by atoms with Gasteiger partial charge in [-0.05, 0) is 37.3 Å². The van der Waals surface area contributed by atoms with Gasteiger partial charge in [-0.2, -0.15) is 5.10 Å². The molecule has 0 atom stereocenters. The second-order valence-electron chi connectivity index (χ2n) is 6.39. The topological polar surface area (TPSA) is 69.0 Å². The number of para-hydroxylation sites is 2. The molecular weight excluding hydrogens is 352 g/mol. The first kappa shape index (κ1) is 17.7. The zero-order valence-corrected chi connectivity index (χ0v) is 15.5. The predicted octanol–water partition coefficient (Wildman–Crippen LogP) is 4.14. The van der Waals surface area contributed by atoms with Crippen LogP contribution in [0.3, 0.4) is 0 Å². The fourth-order valence-electron chi connectivity index (χ4n) is 2.96. The van der Waals surface area contributed by atoms with E-state index in [2.05, 4.69) is 15.4 Å². The Morgan fingerprint density at radius 2 is 1.79 bits per heavy atom. The van der Waals surface area contributed by atoms with Crippen molar-refractivity contribution in [3.63, 3.8) is 0 Å². The van der Waals surface area contributed by atoms with E-state index in [-0.39, 0.29) is 12.3 Å². The summed E-state index contributed by atoms with van der Waals surface area (Å²) in [5.74, 6) is 0.632. The Hall–Kier alpha value is -3.67. The highest BCUT2D eigenvalue weighted by molar-refractivity contribution is 5.93. The van der Waals surface area contributed by atoms with Gasteiger partial charge in [0.25, 0.3) is 0 Å². The summed E-state index contributed by atoms with van der Waals surface area (Å²) in [4.78, 5) is 16.7. The van der Waals surface area contributed by atoms with Gasteiger partial charge in [0.1, 0.15) is 5.75 Å². The van der Waals surface area contributed by atoms with Crippen LogP contribution in [-0.2, 0) is 4.79 Å². The minimum absolute atomic E-state index is 0.120. The Balaban J connectivity index is 1.45. The molecule has 6 nitrogen and oxygen atoms in total. The lowest BCUT2D eigenvalue weighted by Crippen LogP contribution is -2.15. The summed E-state index contributed by atoms with van der Waals surface area (Å²) in [6, 6.07) is 21.2. The summed E-state index contributed by atoms with van der Waals surface area (Å²) >= 11 is 0. The largest absolute Gasteiger partial charge is 0.493 e. The average Bonchev–Trinajstić information content (AvgIpc) is 3.06. The van der Waals surface area contributed by atoms with Crippen molar-refractivity contribution in [3.8, 4) is 11.4 Å². The fourth-order valence-corrected chi connectivity index (χ4v) is 2.96. The molecule has 0 bridgehead atoms. The number of nitrogens with zero attached hydrogens (tertiary/aromatic N) is 3. The predicted molar refractivity (Wildman–Crippen MR) is 109 cm³/mol. The van der Waals surface area contributed by atoms with Crippen LogP contribution in [0.4, 0.5) is 5.69 Å². The van der Waals surface area contributed by atoms with Crippen molar-refractivity contribution < 1.29 is 9.53 Å². The Bertz CT molecular complexity index is 1090. The van der Waals surface area contributed by atoms with Crippen LogP contribution in [0.1, 0.15) is 12.1 Å². The Kier molecular flexibility index (Phi) is 5.01. The molecule has 0 saturated carbocycles. The van der Waals surface area contributed by atoms with Crippen LogP contribution in [0.25, 0.3) is 16.7 Å². The summed E-state index contributed by atoms with van der Waals surface area (Å²) in [5.41, 5.74) is 3.21. The molecule has 1 amide bonds.